The minimum absolute atomic E-state index is 0.0302. The molecule has 0 aromatic rings. The van der Waals surface area contributed by atoms with Gasteiger partial charge in [0.05, 0.1) is 18.8 Å². The van der Waals surface area contributed by atoms with Crippen LogP contribution in [0.2, 0.25) is 0 Å². The van der Waals surface area contributed by atoms with Gasteiger partial charge in [0.25, 0.3) is 0 Å². The van der Waals surface area contributed by atoms with Gasteiger partial charge in [-0.3, -0.25) is 4.79 Å². The summed E-state index contributed by atoms with van der Waals surface area (Å²) in [7, 11) is 0. The maximum absolute atomic E-state index is 12.5. The second-order valence-corrected chi connectivity index (χ2v) is 19.7. The molecule has 2 atom stereocenters. The lowest BCUT2D eigenvalue weighted by molar-refractivity contribution is -0.123. The van der Waals surface area contributed by atoms with E-state index in [4.69, 9.17) is 0 Å². The second kappa shape index (κ2) is 57.9. The van der Waals surface area contributed by atoms with Gasteiger partial charge in [0.2, 0.25) is 5.91 Å². The maximum atomic E-state index is 12.5. The highest BCUT2D eigenvalue weighted by molar-refractivity contribution is 5.76. The number of unbranched alkanes of at least 4 members (excludes halogenated alkanes) is 32. The van der Waals surface area contributed by atoms with Crippen LogP contribution in [0.3, 0.4) is 0 Å². The predicted octanol–water partition coefficient (Wildman–Crippen LogP) is 19.5. The van der Waals surface area contributed by atoms with Crippen LogP contribution < -0.4 is 5.32 Å². The fraction of sp³-hybridized carbons (Fsp3) is 0.762. The Labute approximate surface area is 418 Å². The molecule has 388 valence electrons. The first kappa shape index (κ1) is 64.6. The van der Waals surface area contributed by atoms with E-state index in [0.29, 0.717) is 12.8 Å². The highest BCUT2D eigenvalue weighted by Gasteiger charge is 2.20. The zero-order valence-corrected chi connectivity index (χ0v) is 44.7. The van der Waals surface area contributed by atoms with Gasteiger partial charge in [-0.25, -0.2) is 0 Å². The van der Waals surface area contributed by atoms with Crippen LogP contribution in [-0.2, 0) is 4.79 Å². The van der Waals surface area contributed by atoms with Crippen LogP contribution in [0.25, 0.3) is 0 Å². The molecule has 0 saturated carbocycles. The molecule has 0 aliphatic heterocycles. The summed E-state index contributed by atoms with van der Waals surface area (Å²) in [4.78, 5) is 12.5. The lowest BCUT2D eigenvalue weighted by Gasteiger charge is -2.22. The Balaban J connectivity index is 3.47. The van der Waals surface area contributed by atoms with E-state index in [2.05, 4.69) is 104 Å². The molecule has 0 heterocycles. The Hall–Kier alpha value is -2.43. The van der Waals surface area contributed by atoms with Crippen molar-refractivity contribution < 1.29 is 15.0 Å². The Morgan fingerprint density at radius 3 is 0.985 bits per heavy atom. The van der Waals surface area contributed by atoms with Crippen LogP contribution in [0.1, 0.15) is 290 Å². The van der Waals surface area contributed by atoms with Crippen molar-refractivity contribution in [3.8, 4) is 0 Å². The van der Waals surface area contributed by atoms with E-state index in [1.807, 2.05) is 0 Å². The van der Waals surface area contributed by atoms with E-state index in [9.17, 15) is 15.0 Å². The van der Waals surface area contributed by atoms with Crippen LogP contribution in [0.15, 0.2) is 85.1 Å². The Bertz CT molecular complexity index is 1190. The monoisotopic (exact) mass is 932 g/mol. The van der Waals surface area contributed by atoms with E-state index in [1.54, 1.807) is 0 Å². The van der Waals surface area contributed by atoms with Crippen LogP contribution in [-0.4, -0.2) is 34.9 Å². The van der Waals surface area contributed by atoms with Gasteiger partial charge in [-0.1, -0.05) is 298 Å². The molecule has 0 aromatic heterocycles. The van der Waals surface area contributed by atoms with E-state index in [-0.39, 0.29) is 12.5 Å². The molecule has 0 fully saturated rings. The Morgan fingerprint density at radius 1 is 0.373 bits per heavy atom. The van der Waals surface area contributed by atoms with Crippen molar-refractivity contribution in [2.75, 3.05) is 6.61 Å². The Morgan fingerprint density at radius 2 is 0.657 bits per heavy atom. The largest absolute Gasteiger partial charge is 0.394 e. The molecule has 1 amide bonds. The molecule has 0 bridgehead atoms. The number of rotatable bonds is 53. The summed E-state index contributed by atoms with van der Waals surface area (Å²) in [6, 6.07) is -0.538. The van der Waals surface area contributed by atoms with Gasteiger partial charge < -0.3 is 15.5 Å². The number of aliphatic hydroxyl groups excluding tert-OH is 2. The number of nitrogens with one attached hydrogen (secondary N) is 1. The van der Waals surface area contributed by atoms with Gasteiger partial charge in [-0.05, 0) is 70.6 Å². The van der Waals surface area contributed by atoms with Crippen LogP contribution in [0.5, 0.6) is 0 Å². The van der Waals surface area contributed by atoms with Crippen LogP contribution in [0, 0.1) is 0 Å². The molecule has 4 heteroatoms. The van der Waals surface area contributed by atoms with Crippen molar-refractivity contribution in [2.24, 2.45) is 0 Å². The lowest BCUT2D eigenvalue weighted by atomic mass is 10.0. The zero-order valence-electron chi connectivity index (χ0n) is 44.7. The minimum atomic E-state index is -0.661. The van der Waals surface area contributed by atoms with Crippen molar-refractivity contribution in [1.29, 1.82) is 0 Å². The number of hydrogen-bond donors (Lipinski definition) is 3. The first-order chi connectivity index (χ1) is 33.2. The topological polar surface area (TPSA) is 69.6 Å². The summed E-state index contributed by atoms with van der Waals surface area (Å²) < 4.78 is 0. The fourth-order valence-corrected chi connectivity index (χ4v) is 8.76. The number of hydrogen-bond acceptors (Lipinski definition) is 3. The highest BCUT2D eigenvalue weighted by Crippen LogP contribution is 2.17. The average molecular weight is 933 g/mol. The van der Waals surface area contributed by atoms with Crippen LogP contribution >= 0.6 is 0 Å². The molecule has 67 heavy (non-hydrogen) atoms. The van der Waals surface area contributed by atoms with Gasteiger partial charge in [0.15, 0.2) is 0 Å². The van der Waals surface area contributed by atoms with Crippen molar-refractivity contribution in [3.63, 3.8) is 0 Å². The first-order valence-electron chi connectivity index (χ1n) is 29.3. The molecule has 0 saturated heterocycles. The standard InChI is InChI=1S/C63H113NO3/c1-3-5-7-9-11-13-15-17-19-21-22-23-24-25-26-27-28-29-30-31-32-33-34-35-36-37-38-39-40-41-42-43-45-47-49-51-53-55-57-59-63(67)64-61(60-65)62(66)58-56-54-52-50-48-46-44-20-18-16-14-12-10-8-6-4-2/h5,7,11,13,17,19,22-23,25-26,28-29,31-32,61-62,65-66H,3-4,6,8-10,12,14-16,18,20-21,24,27,30,33-60H2,1-2H3,(H,64,67)/b7-5-,13-11-,19-17-,23-22-,26-25-,29-28-,32-31-. The fourth-order valence-electron chi connectivity index (χ4n) is 8.76. The number of carbonyl (C=O) groups is 1. The molecule has 0 radical (unpaired) electrons. The van der Waals surface area contributed by atoms with Gasteiger partial charge in [0.1, 0.15) is 0 Å². The SMILES string of the molecule is CC/C=C\C/C=C\C/C=C\C/C=C\C/C=C\C/C=C\C/C=C\CCCCCCCCCCCCCCCCCCCC(=O)NC(CO)C(O)CCCCCCCCCCCCCCCCCC. The van der Waals surface area contributed by atoms with E-state index in [1.165, 1.54) is 193 Å². The van der Waals surface area contributed by atoms with E-state index in [0.717, 1.165) is 70.6 Å². The molecular formula is C63H113NO3. The number of allylic oxidation sites excluding steroid dienone is 14. The number of amides is 1. The minimum Gasteiger partial charge on any atom is -0.394 e. The maximum Gasteiger partial charge on any atom is 0.220 e. The second-order valence-electron chi connectivity index (χ2n) is 19.7. The summed E-state index contributed by atoms with van der Waals surface area (Å²) >= 11 is 0. The van der Waals surface area contributed by atoms with E-state index < -0.39 is 12.1 Å². The predicted molar refractivity (Wildman–Crippen MR) is 299 cm³/mol. The summed E-state index contributed by atoms with van der Waals surface area (Å²) in [5.74, 6) is -0.0302. The van der Waals surface area contributed by atoms with Gasteiger partial charge >= 0.3 is 0 Å². The van der Waals surface area contributed by atoms with Gasteiger partial charge in [0, 0.05) is 6.42 Å². The molecule has 0 spiro atoms. The molecule has 0 aliphatic carbocycles. The molecule has 3 N–H and O–H groups in total. The highest BCUT2D eigenvalue weighted by atomic mass is 16.3. The molecular weight excluding hydrogens is 819 g/mol. The van der Waals surface area contributed by atoms with Crippen LogP contribution in [0.4, 0.5) is 0 Å². The third-order valence-corrected chi connectivity index (χ3v) is 13.2. The molecule has 0 aromatic carbocycles. The average Bonchev–Trinajstić information content (AvgIpc) is 3.33. The first-order valence-corrected chi connectivity index (χ1v) is 29.3. The van der Waals surface area contributed by atoms with Crippen molar-refractivity contribution in [3.05, 3.63) is 85.1 Å². The van der Waals surface area contributed by atoms with Crippen molar-refractivity contribution >= 4 is 5.91 Å². The van der Waals surface area contributed by atoms with Gasteiger partial charge in [-0.2, -0.15) is 0 Å². The molecule has 4 nitrogen and oxygen atoms in total. The summed E-state index contributed by atoms with van der Waals surface area (Å²) in [5.41, 5.74) is 0. The molecule has 2 unspecified atom stereocenters. The summed E-state index contributed by atoms with van der Waals surface area (Å²) in [6.45, 7) is 4.26. The molecule has 0 rings (SSSR count). The summed E-state index contributed by atoms with van der Waals surface area (Å²) in [6.07, 6.45) is 84.3. The lowest BCUT2D eigenvalue weighted by Crippen LogP contribution is -2.45. The van der Waals surface area contributed by atoms with E-state index >= 15 is 0 Å². The number of aliphatic hydroxyl groups is 2. The summed E-state index contributed by atoms with van der Waals surface area (Å²) in [5, 5.41) is 23.3. The zero-order chi connectivity index (χ0) is 48.5. The van der Waals surface area contributed by atoms with Crippen molar-refractivity contribution in [1.82, 2.24) is 5.32 Å². The smallest absolute Gasteiger partial charge is 0.220 e. The third kappa shape index (κ3) is 54.4. The van der Waals surface area contributed by atoms with Gasteiger partial charge in [-0.15, -0.1) is 0 Å². The molecule has 0 aliphatic rings. The normalized spacial score (nSPS) is 13.4. The third-order valence-electron chi connectivity index (χ3n) is 13.2. The Kier molecular flexibility index (Phi) is 55.8. The quantitative estimate of drug-likeness (QED) is 0.0420. The van der Waals surface area contributed by atoms with Crippen molar-refractivity contribution in [2.45, 2.75) is 302 Å². The number of carbonyl (C=O) groups excluding carboxylic acids is 1.